The number of nitrogens with zero attached hydrogens (tertiary/aromatic N) is 6. The lowest BCUT2D eigenvalue weighted by Crippen LogP contribution is -2.41. The summed E-state index contributed by atoms with van der Waals surface area (Å²) in [4.78, 5) is 23.6. The molecule has 28 heavy (non-hydrogen) atoms. The molecular formula is C16H17F2N7O3. The molecule has 2 aromatic rings. The van der Waals surface area contributed by atoms with Crippen LogP contribution >= 0.6 is 0 Å². The number of amides is 1. The molecule has 0 radical (unpaired) electrons. The van der Waals surface area contributed by atoms with Gasteiger partial charge in [0.05, 0.1) is 6.07 Å². The highest BCUT2D eigenvalue weighted by molar-refractivity contribution is 5.70. The van der Waals surface area contributed by atoms with Crippen molar-refractivity contribution in [3.05, 3.63) is 24.0 Å². The zero-order chi connectivity index (χ0) is 20.1. The molecule has 10 nitrogen and oxygen atoms in total. The van der Waals surface area contributed by atoms with Crippen LogP contribution in [0.4, 0.5) is 13.6 Å². The molecule has 0 spiro atoms. The summed E-state index contributed by atoms with van der Waals surface area (Å²) >= 11 is 0. The smallest absolute Gasteiger partial charge is 0.414 e. The molecule has 2 aromatic heterocycles. The highest BCUT2D eigenvalue weighted by Gasteiger charge is 2.35. The number of rotatable bonds is 5. The van der Waals surface area contributed by atoms with Gasteiger partial charge in [0.1, 0.15) is 12.4 Å². The van der Waals surface area contributed by atoms with E-state index in [1.54, 1.807) is 13.1 Å². The van der Waals surface area contributed by atoms with E-state index >= 15 is 0 Å². The van der Waals surface area contributed by atoms with Crippen molar-refractivity contribution < 1.29 is 23.0 Å². The predicted molar refractivity (Wildman–Crippen MR) is 88.4 cm³/mol. The lowest BCUT2D eigenvalue weighted by molar-refractivity contribution is -0.0399. The zero-order valence-electron chi connectivity index (χ0n) is 14.9. The number of hydrogen-bond donors (Lipinski definition) is 1. The number of carbonyl (C=O) groups is 1. The summed E-state index contributed by atoms with van der Waals surface area (Å²) < 4.78 is 38.3. The van der Waals surface area contributed by atoms with Gasteiger partial charge in [0.15, 0.2) is 12.4 Å². The van der Waals surface area contributed by atoms with Crippen molar-refractivity contribution in [2.24, 2.45) is 7.05 Å². The first-order chi connectivity index (χ1) is 13.3. The molecule has 0 aromatic carbocycles. The van der Waals surface area contributed by atoms with Gasteiger partial charge in [-0.05, 0) is 12.8 Å². The Bertz CT molecular complexity index is 887. The van der Waals surface area contributed by atoms with Gasteiger partial charge in [-0.25, -0.2) is 18.6 Å². The summed E-state index contributed by atoms with van der Waals surface area (Å²) in [6.07, 6.45) is 0.379. The SMILES string of the molecule is Cn1cnc(COc2cc(OC(=O)NC3CCC(F)(F)CC3)nc(C#N)n2)n1. The van der Waals surface area contributed by atoms with Gasteiger partial charge in [-0.2, -0.15) is 20.3 Å². The lowest BCUT2D eigenvalue weighted by atomic mass is 9.92. The topological polar surface area (TPSA) is 128 Å². The molecule has 2 heterocycles. The zero-order valence-corrected chi connectivity index (χ0v) is 14.9. The van der Waals surface area contributed by atoms with E-state index < -0.39 is 18.1 Å². The molecule has 1 aliphatic rings. The van der Waals surface area contributed by atoms with Crippen molar-refractivity contribution in [1.82, 2.24) is 30.0 Å². The summed E-state index contributed by atoms with van der Waals surface area (Å²) in [7, 11) is 1.70. The molecule has 0 atom stereocenters. The Labute approximate surface area is 158 Å². The molecule has 0 saturated heterocycles. The van der Waals surface area contributed by atoms with Crippen LogP contribution in [0.2, 0.25) is 0 Å². The third-order valence-corrected chi connectivity index (χ3v) is 4.01. The highest BCUT2D eigenvalue weighted by atomic mass is 19.3. The summed E-state index contributed by atoms with van der Waals surface area (Å²) in [6.45, 7) is -0.00928. The molecule has 0 aliphatic heterocycles. The fourth-order valence-electron chi connectivity index (χ4n) is 2.64. The lowest BCUT2D eigenvalue weighted by Gasteiger charge is -2.28. The Morgan fingerprint density at radius 3 is 2.75 bits per heavy atom. The average Bonchev–Trinajstić information content (AvgIpc) is 3.07. The predicted octanol–water partition coefficient (Wildman–Crippen LogP) is 1.72. The average molecular weight is 393 g/mol. The summed E-state index contributed by atoms with van der Waals surface area (Å²) in [5, 5.41) is 15.6. The second-order valence-electron chi connectivity index (χ2n) is 6.27. The maximum atomic E-state index is 13.2. The summed E-state index contributed by atoms with van der Waals surface area (Å²) in [6, 6.07) is 2.57. The maximum absolute atomic E-state index is 13.2. The minimum absolute atomic E-state index is 0.000823. The number of halogens is 2. The van der Waals surface area contributed by atoms with Crippen molar-refractivity contribution in [2.75, 3.05) is 0 Å². The normalized spacial score (nSPS) is 16.2. The molecule has 1 N–H and O–H groups in total. The number of nitrogens with one attached hydrogen (secondary N) is 1. The maximum Gasteiger partial charge on any atom is 0.414 e. The van der Waals surface area contributed by atoms with Crippen molar-refractivity contribution in [2.45, 2.75) is 44.3 Å². The molecule has 1 aliphatic carbocycles. The van der Waals surface area contributed by atoms with Crippen molar-refractivity contribution in [3.63, 3.8) is 0 Å². The van der Waals surface area contributed by atoms with Crippen molar-refractivity contribution in [1.29, 1.82) is 5.26 Å². The van der Waals surface area contributed by atoms with Crippen LogP contribution in [0.3, 0.4) is 0 Å². The first kappa shape index (κ1) is 19.4. The van der Waals surface area contributed by atoms with Gasteiger partial charge in [-0.3, -0.25) is 4.68 Å². The Morgan fingerprint density at radius 2 is 2.11 bits per heavy atom. The number of alkyl halides is 2. The standard InChI is InChI=1S/C16H17F2N7O3/c1-25-9-20-12(24-25)8-27-13-6-14(23-11(7-19)22-13)28-15(26)21-10-2-4-16(17,18)5-3-10/h6,9-10H,2-5,8H2,1H3,(H,21,26). The molecule has 1 amide bonds. The molecule has 1 saturated carbocycles. The van der Waals surface area contributed by atoms with Crippen LogP contribution in [0, 0.1) is 11.3 Å². The van der Waals surface area contributed by atoms with Crippen molar-refractivity contribution in [3.8, 4) is 17.8 Å². The van der Waals surface area contributed by atoms with Crippen LogP contribution < -0.4 is 14.8 Å². The Balaban J connectivity index is 1.59. The Hall–Kier alpha value is -3.36. The largest absolute Gasteiger partial charge is 0.469 e. The van der Waals surface area contributed by atoms with Crippen LogP contribution in [0.5, 0.6) is 11.8 Å². The first-order valence-corrected chi connectivity index (χ1v) is 8.46. The molecule has 12 heteroatoms. The van der Waals surface area contributed by atoms with Crippen LogP contribution in [0.1, 0.15) is 37.3 Å². The fourth-order valence-corrected chi connectivity index (χ4v) is 2.64. The molecule has 1 fully saturated rings. The summed E-state index contributed by atoms with van der Waals surface area (Å²) in [5.74, 6) is -2.75. The number of ether oxygens (including phenoxy) is 2. The molecule has 148 valence electrons. The van der Waals surface area contributed by atoms with E-state index in [9.17, 15) is 13.6 Å². The molecular weight excluding hydrogens is 376 g/mol. The number of aryl methyl sites for hydroxylation is 1. The van der Waals surface area contributed by atoms with Gasteiger partial charge < -0.3 is 14.8 Å². The van der Waals surface area contributed by atoms with Crippen LogP contribution in [-0.4, -0.2) is 42.8 Å². The van der Waals surface area contributed by atoms with Gasteiger partial charge >= 0.3 is 6.09 Å². The number of hydrogen-bond acceptors (Lipinski definition) is 8. The first-order valence-electron chi connectivity index (χ1n) is 8.46. The minimum Gasteiger partial charge on any atom is -0.469 e. The second-order valence-corrected chi connectivity index (χ2v) is 6.27. The number of aromatic nitrogens is 5. The number of carbonyl (C=O) groups excluding carboxylic acids is 1. The molecule has 0 bridgehead atoms. The number of nitriles is 1. The van der Waals surface area contributed by atoms with Crippen LogP contribution in [0.25, 0.3) is 0 Å². The highest BCUT2D eigenvalue weighted by Crippen LogP contribution is 2.33. The Morgan fingerprint density at radius 1 is 1.39 bits per heavy atom. The van der Waals surface area contributed by atoms with Gasteiger partial charge in [0.25, 0.3) is 0 Å². The second kappa shape index (κ2) is 8.12. The summed E-state index contributed by atoms with van der Waals surface area (Å²) in [5.41, 5.74) is 0. The van der Waals surface area contributed by atoms with Crippen LogP contribution in [-0.2, 0) is 13.7 Å². The van der Waals surface area contributed by atoms with Gasteiger partial charge in [0, 0.05) is 25.9 Å². The van der Waals surface area contributed by atoms with E-state index in [0.717, 1.165) is 0 Å². The molecule has 3 rings (SSSR count). The quantitative estimate of drug-likeness (QED) is 0.813. The fraction of sp³-hybridized carbons (Fsp3) is 0.500. The van der Waals surface area contributed by atoms with Gasteiger partial charge in [0.2, 0.25) is 23.5 Å². The molecule has 0 unspecified atom stereocenters. The van der Waals surface area contributed by atoms with E-state index in [2.05, 4.69) is 25.4 Å². The van der Waals surface area contributed by atoms with Crippen molar-refractivity contribution >= 4 is 6.09 Å². The van der Waals surface area contributed by atoms with Gasteiger partial charge in [-0.1, -0.05) is 0 Å². The van der Waals surface area contributed by atoms with E-state index in [-0.39, 0.29) is 49.9 Å². The van der Waals surface area contributed by atoms with E-state index in [1.165, 1.54) is 17.1 Å². The third kappa shape index (κ3) is 5.32. The van der Waals surface area contributed by atoms with E-state index in [0.29, 0.717) is 5.82 Å². The van der Waals surface area contributed by atoms with E-state index in [4.69, 9.17) is 14.7 Å². The minimum atomic E-state index is -2.69. The monoisotopic (exact) mass is 393 g/mol. The Kier molecular flexibility index (Phi) is 5.62. The van der Waals surface area contributed by atoms with Crippen LogP contribution in [0.15, 0.2) is 12.4 Å². The van der Waals surface area contributed by atoms with E-state index in [1.807, 2.05) is 0 Å². The third-order valence-electron chi connectivity index (χ3n) is 4.01. The van der Waals surface area contributed by atoms with Gasteiger partial charge in [-0.15, -0.1) is 0 Å².